The molecule has 4 nitrogen and oxygen atoms in total. The molecule has 0 radical (unpaired) electrons. The van der Waals surface area contributed by atoms with E-state index in [1.165, 1.54) is 12.8 Å². The number of hydrogen-bond donors (Lipinski definition) is 1. The van der Waals surface area contributed by atoms with Crippen molar-refractivity contribution in [2.75, 3.05) is 0 Å². The van der Waals surface area contributed by atoms with Crippen LogP contribution in [-0.2, 0) is 22.6 Å². The molecule has 0 saturated heterocycles. The molecule has 2 amide bonds. The summed E-state index contributed by atoms with van der Waals surface area (Å²) in [4.78, 5) is 27.7. The third kappa shape index (κ3) is 6.18. The lowest BCUT2D eigenvalue weighted by molar-refractivity contribution is -0.140. The molecule has 154 valence electrons. The Morgan fingerprint density at radius 2 is 1.72 bits per heavy atom. The highest BCUT2D eigenvalue weighted by Crippen LogP contribution is 2.19. The molecular formula is C25H32N2O2. The highest BCUT2D eigenvalue weighted by atomic mass is 16.2. The first-order valence-electron chi connectivity index (χ1n) is 10.7. The summed E-state index contributed by atoms with van der Waals surface area (Å²) in [6.45, 7) is 4.34. The lowest BCUT2D eigenvalue weighted by Crippen LogP contribution is -2.49. The largest absolute Gasteiger partial charge is 0.352 e. The van der Waals surface area contributed by atoms with Gasteiger partial charge in [0, 0.05) is 19.0 Å². The summed E-state index contributed by atoms with van der Waals surface area (Å²) in [6, 6.07) is 17.9. The van der Waals surface area contributed by atoms with E-state index in [0.717, 1.165) is 29.5 Å². The molecule has 1 aliphatic rings. The van der Waals surface area contributed by atoms with Crippen LogP contribution in [0.1, 0.15) is 55.7 Å². The summed E-state index contributed by atoms with van der Waals surface area (Å²) in [7, 11) is 0. The predicted octanol–water partition coefficient (Wildman–Crippen LogP) is 4.40. The van der Waals surface area contributed by atoms with Crippen molar-refractivity contribution < 1.29 is 9.59 Å². The third-order valence-electron chi connectivity index (χ3n) is 5.77. The van der Waals surface area contributed by atoms with Crippen LogP contribution in [0.4, 0.5) is 0 Å². The summed E-state index contributed by atoms with van der Waals surface area (Å²) in [5.74, 6) is -0.0259. The zero-order valence-corrected chi connectivity index (χ0v) is 17.6. The van der Waals surface area contributed by atoms with Crippen LogP contribution in [0.2, 0.25) is 0 Å². The number of amides is 2. The van der Waals surface area contributed by atoms with Crippen molar-refractivity contribution in [2.45, 2.75) is 71.0 Å². The minimum absolute atomic E-state index is 0.0180. The Kier molecular flexibility index (Phi) is 7.45. The maximum absolute atomic E-state index is 13.1. The first kappa shape index (κ1) is 21.1. The van der Waals surface area contributed by atoms with Gasteiger partial charge in [0.1, 0.15) is 6.04 Å². The second-order valence-corrected chi connectivity index (χ2v) is 8.16. The van der Waals surface area contributed by atoms with E-state index in [2.05, 4.69) is 11.4 Å². The summed E-state index contributed by atoms with van der Waals surface area (Å²) in [5.41, 5.74) is 3.35. The number of hydrogen-bond acceptors (Lipinski definition) is 2. The van der Waals surface area contributed by atoms with Crippen LogP contribution in [0.3, 0.4) is 0 Å². The van der Waals surface area contributed by atoms with Gasteiger partial charge in [-0.1, -0.05) is 73.0 Å². The molecule has 0 spiro atoms. The molecule has 0 aromatic heterocycles. The highest BCUT2D eigenvalue weighted by molar-refractivity contribution is 5.87. The molecular weight excluding hydrogens is 360 g/mol. The molecule has 0 unspecified atom stereocenters. The summed E-state index contributed by atoms with van der Waals surface area (Å²) in [5, 5.41) is 3.15. The van der Waals surface area contributed by atoms with Crippen molar-refractivity contribution in [2.24, 2.45) is 0 Å². The van der Waals surface area contributed by atoms with Crippen molar-refractivity contribution >= 4 is 11.8 Å². The van der Waals surface area contributed by atoms with E-state index in [-0.39, 0.29) is 17.9 Å². The van der Waals surface area contributed by atoms with Gasteiger partial charge < -0.3 is 10.2 Å². The molecule has 1 atom stereocenters. The number of carbonyl (C=O) groups excluding carboxylic acids is 2. The molecule has 1 saturated carbocycles. The molecule has 4 heteroatoms. The molecule has 1 aliphatic carbocycles. The van der Waals surface area contributed by atoms with Gasteiger partial charge in [-0.15, -0.1) is 0 Å². The van der Waals surface area contributed by atoms with E-state index in [0.29, 0.717) is 19.4 Å². The fourth-order valence-electron chi connectivity index (χ4n) is 4.02. The van der Waals surface area contributed by atoms with Crippen molar-refractivity contribution in [3.05, 3.63) is 71.3 Å². The van der Waals surface area contributed by atoms with E-state index in [9.17, 15) is 9.59 Å². The molecule has 0 heterocycles. The van der Waals surface area contributed by atoms with Crippen molar-refractivity contribution in [1.82, 2.24) is 10.2 Å². The van der Waals surface area contributed by atoms with Crippen LogP contribution in [0.25, 0.3) is 0 Å². The second kappa shape index (κ2) is 10.2. The van der Waals surface area contributed by atoms with E-state index in [4.69, 9.17) is 0 Å². The van der Waals surface area contributed by atoms with Crippen molar-refractivity contribution in [3.8, 4) is 0 Å². The SMILES string of the molecule is Cc1cccc(CN(C(=O)CCc2ccccc2)[C@@H](C)C(=O)NC2CCCC2)c1. The zero-order chi connectivity index (χ0) is 20.6. The summed E-state index contributed by atoms with van der Waals surface area (Å²) < 4.78 is 0. The van der Waals surface area contributed by atoms with Gasteiger partial charge >= 0.3 is 0 Å². The van der Waals surface area contributed by atoms with Gasteiger partial charge in [0.2, 0.25) is 11.8 Å². The van der Waals surface area contributed by atoms with Gasteiger partial charge in [0.25, 0.3) is 0 Å². The molecule has 1 N–H and O–H groups in total. The molecule has 0 bridgehead atoms. The zero-order valence-electron chi connectivity index (χ0n) is 17.6. The van der Waals surface area contributed by atoms with E-state index < -0.39 is 6.04 Å². The Morgan fingerprint density at radius 1 is 1.03 bits per heavy atom. The maximum Gasteiger partial charge on any atom is 0.242 e. The Balaban J connectivity index is 1.70. The Hall–Kier alpha value is -2.62. The minimum atomic E-state index is -0.487. The van der Waals surface area contributed by atoms with Crippen LogP contribution in [0.15, 0.2) is 54.6 Å². The third-order valence-corrected chi connectivity index (χ3v) is 5.77. The van der Waals surface area contributed by atoms with Crippen molar-refractivity contribution in [1.29, 1.82) is 0 Å². The standard InChI is InChI=1S/C25H32N2O2/c1-19-9-8-12-22(17-19)18-27(20(2)25(29)26-23-13-6-7-14-23)24(28)16-15-21-10-4-3-5-11-21/h3-5,8-12,17,20,23H,6-7,13-16,18H2,1-2H3,(H,26,29)/t20-/m0/s1. The van der Waals surface area contributed by atoms with Crippen LogP contribution < -0.4 is 5.32 Å². The fraction of sp³-hybridized carbons (Fsp3) is 0.440. The first-order chi connectivity index (χ1) is 14.0. The molecule has 29 heavy (non-hydrogen) atoms. The number of carbonyl (C=O) groups is 2. The fourth-order valence-corrected chi connectivity index (χ4v) is 4.02. The first-order valence-corrected chi connectivity index (χ1v) is 10.7. The molecule has 1 fully saturated rings. The Labute approximate surface area is 174 Å². The normalized spacial score (nSPS) is 15.1. The van der Waals surface area contributed by atoms with Crippen molar-refractivity contribution in [3.63, 3.8) is 0 Å². The Morgan fingerprint density at radius 3 is 2.41 bits per heavy atom. The smallest absolute Gasteiger partial charge is 0.242 e. The highest BCUT2D eigenvalue weighted by Gasteiger charge is 2.28. The number of benzene rings is 2. The Bertz CT molecular complexity index is 813. The van der Waals surface area contributed by atoms with Gasteiger partial charge in [-0.2, -0.15) is 0 Å². The van der Waals surface area contributed by atoms with E-state index in [1.54, 1.807) is 4.90 Å². The lowest BCUT2D eigenvalue weighted by atomic mass is 10.1. The minimum Gasteiger partial charge on any atom is -0.352 e. The van der Waals surface area contributed by atoms with E-state index in [1.807, 2.05) is 62.4 Å². The average Bonchev–Trinajstić information content (AvgIpc) is 3.23. The monoisotopic (exact) mass is 392 g/mol. The summed E-state index contributed by atoms with van der Waals surface area (Å²) in [6.07, 6.45) is 5.50. The second-order valence-electron chi connectivity index (χ2n) is 8.16. The van der Waals surface area contributed by atoms with Crippen LogP contribution in [-0.4, -0.2) is 28.8 Å². The van der Waals surface area contributed by atoms with Crippen LogP contribution in [0, 0.1) is 6.92 Å². The average molecular weight is 393 g/mol. The molecule has 0 aliphatic heterocycles. The number of nitrogens with zero attached hydrogens (tertiary/aromatic N) is 1. The molecule has 2 aromatic rings. The predicted molar refractivity (Wildman–Crippen MR) is 116 cm³/mol. The maximum atomic E-state index is 13.1. The molecule has 3 rings (SSSR count). The van der Waals surface area contributed by atoms with Gasteiger partial charge in [-0.3, -0.25) is 9.59 Å². The van der Waals surface area contributed by atoms with Gasteiger partial charge in [0.05, 0.1) is 0 Å². The number of nitrogens with one attached hydrogen (secondary N) is 1. The quantitative estimate of drug-likeness (QED) is 0.724. The van der Waals surface area contributed by atoms with E-state index >= 15 is 0 Å². The number of rotatable bonds is 8. The summed E-state index contributed by atoms with van der Waals surface area (Å²) >= 11 is 0. The van der Waals surface area contributed by atoms with Gasteiger partial charge in [-0.25, -0.2) is 0 Å². The molecule has 2 aromatic carbocycles. The number of aryl methyl sites for hydroxylation is 2. The van der Waals surface area contributed by atoms with Gasteiger partial charge in [0.15, 0.2) is 0 Å². The van der Waals surface area contributed by atoms with Crippen LogP contribution >= 0.6 is 0 Å². The van der Waals surface area contributed by atoms with Gasteiger partial charge in [-0.05, 0) is 44.2 Å². The van der Waals surface area contributed by atoms with Crippen LogP contribution in [0.5, 0.6) is 0 Å². The lowest BCUT2D eigenvalue weighted by Gasteiger charge is -2.30. The topological polar surface area (TPSA) is 49.4 Å².